The van der Waals surface area contributed by atoms with E-state index in [0.717, 1.165) is 16.6 Å². The third-order valence-corrected chi connectivity index (χ3v) is 4.34. The lowest BCUT2D eigenvalue weighted by atomic mass is 10.2. The minimum absolute atomic E-state index is 0.331. The van der Waals surface area contributed by atoms with Gasteiger partial charge in [0, 0.05) is 16.6 Å². The van der Waals surface area contributed by atoms with Crippen molar-refractivity contribution in [3.8, 4) is 17.3 Å². The van der Waals surface area contributed by atoms with Crippen molar-refractivity contribution >= 4 is 28.4 Å². The van der Waals surface area contributed by atoms with Crippen LogP contribution < -0.4 is 5.73 Å². The molecule has 4 aromatic rings. The first-order chi connectivity index (χ1) is 12.1. The van der Waals surface area contributed by atoms with Gasteiger partial charge >= 0.3 is 0 Å². The number of halogens is 1. The number of fused-ring (bicyclic) bond motifs is 1. The fourth-order valence-electron chi connectivity index (χ4n) is 2.83. The van der Waals surface area contributed by atoms with Gasteiger partial charge in [0.05, 0.1) is 10.5 Å². The molecule has 4 rings (SSSR count). The second-order valence-corrected chi connectivity index (χ2v) is 5.95. The number of carbonyl (C=O) groups is 1. The lowest BCUT2D eigenvalue weighted by Gasteiger charge is -2.09. The molecule has 0 bridgehead atoms. The average Bonchev–Trinajstić information content (AvgIpc) is 3.16. The third-order valence-electron chi connectivity index (χ3n) is 3.95. The van der Waals surface area contributed by atoms with Gasteiger partial charge in [0.2, 0.25) is 5.91 Å². The van der Waals surface area contributed by atoms with Crippen LogP contribution in [0.25, 0.3) is 28.2 Å². The number of carbonyl (C=O) groups excluding carboxylic acids is 1. The molecular formula is C18H13ClN4O2. The number of nitrogens with two attached hydrogens (primary N) is 1. The Morgan fingerprint density at radius 2 is 1.88 bits per heavy atom. The molecule has 0 aliphatic rings. The van der Waals surface area contributed by atoms with E-state index in [1.807, 2.05) is 28.8 Å². The third kappa shape index (κ3) is 2.47. The summed E-state index contributed by atoms with van der Waals surface area (Å²) >= 11 is 6.61. The van der Waals surface area contributed by atoms with Crippen LogP contribution in [0, 0.1) is 6.92 Å². The highest BCUT2D eigenvalue weighted by Gasteiger charge is 2.22. The molecule has 2 heterocycles. The molecule has 0 radical (unpaired) electrons. The molecule has 6 nitrogen and oxygen atoms in total. The maximum atomic E-state index is 11.3. The first kappa shape index (κ1) is 15.4. The molecule has 0 saturated carbocycles. The zero-order valence-corrected chi connectivity index (χ0v) is 14.0. The zero-order valence-electron chi connectivity index (χ0n) is 13.2. The Labute approximate surface area is 147 Å². The summed E-state index contributed by atoms with van der Waals surface area (Å²) in [5.74, 6) is 0.374. The van der Waals surface area contributed by atoms with Crippen molar-refractivity contribution in [3.05, 3.63) is 64.9 Å². The molecule has 0 spiro atoms. The summed E-state index contributed by atoms with van der Waals surface area (Å²) in [4.78, 5) is 15.6. The molecule has 1 amide bonds. The molecule has 0 saturated heterocycles. The monoisotopic (exact) mass is 352 g/mol. The minimum atomic E-state index is -0.477. The zero-order chi connectivity index (χ0) is 17.6. The van der Waals surface area contributed by atoms with Crippen molar-refractivity contribution in [3.63, 3.8) is 0 Å². The second-order valence-electron chi connectivity index (χ2n) is 5.57. The molecule has 2 aromatic heterocycles. The van der Waals surface area contributed by atoms with Crippen LogP contribution in [0.4, 0.5) is 0 Å². The summed E-state index contributed by atoms with van der Waals surface area (Å²) in [6.07, 6.45) is 0. The van der Waals surface area contributed by atoms with Gasteiger partial charge in [0.1, 0.15) is 5.69 Å². The van der Waals surface area contributed by atoms with E-state index in [-0.39, 0.29) is 0 Å². The van der Waals surface area contributed by atoms with Crippen LogP contribution in [-0.2, 0) is 0 Å². The first-order valence-electron chi connectivity index (χ1n) is 7.56. The molecule has 7 heteroatoms. The predicted molar refractivity (Wildman–Crippen MR) is 94.8 cm³/mol. The van der Waals surface area contributed by atoms with Crippen LogP contribution in [0.1, 0.15) is 16.2 Å². The molecule has 2 aromatic carbocycles. The fraction of sp³-hybridized carbons (Fsp3) is 0.0556. The topological polar surface area (TPSA) is 86.9 Å². The van der Waals surface area contributed by atoms with E-state index in [1.165, 1.54) is 0 Å². The van der Waals surface area contributed by atoms with E-state index in [0.29, 0.717) is 28.0 Å². The SMILES string of the molecule is Cc1noc(-c2c(Cl)c3ccccc3n2-c2ccc(C(N)=O)cc2)n1. The van der Waals surface area contributed by atoms with E-state index in [9.17, 15) is 4.79 Å². The van der Waals surface area contributed by atoms with Crippen molar-refractivity contribution in [2.75, 3.05) is 0 Å². The molecule has 0 aliphatic heterocycles. The average molecular weight is 353 g/mol. The van der Waals surface area contributed by atoms with Gasteiger partial charge in [-0.05, 0) is 37.3 Å². The first-order valence-corrected chi connectivity index (χ1v) is 7.94. The molecule has 25 heavy (non-hydrogen) atoms. The van der Waals surface area contributed by atoms with E-state index < -0.39 is 5.91 Å². The quantitative estimate of drug-likeness (QED) is 0.608. The number of para-hydroxylation sites is 1. The maximum Gasteiger partial charge on any atom is 0.276 e. The van der Waals surface area contributed by atoms with Crippen molar-refractivity contribution in [2.24, 2.45) is 5.73 Å². The van der Waals surface area contributed by atoms with Crippen molar-refractivity contribution in [2.45, 2.75) is 6.92 Å². The highest BCUT2D eigenvalue weighted by Crippen LogP contribution is 2.39. The Hall–Kier alpha value is -3.12. The largest absolute Gasteiger partial charge is 0.366 e. The van der Waals surface area contributed by atoms with Gasteiger partial charge in [-0.1, -0.05) is 35.0 Å². The molecule has 2 N–H and O–H groups in total. The lowest BCUT2D eigenvalue weighted by Crippen LogP contribution is -2.10. The van der Waals surface area contributed by atoms with Crippen LogP contribution in [-0.4, -0.2) is 20.6 Å². The van der Waals surface area contributed by atoms with Crippen molar-refractivity contribution < 1.29 is 9.32 Å². The number of benzene rings is 2. The highest BCUT2D eigenvalue weighted by atomic mass is 35.5. The van der Waals surface area contributed by atoms with Gasteiger partial charge in [0.15, 0.2) is 5.82 Å². The standard InChI is InChI=1S/C18H13ClN4O2/c1-10-21-18(25-22-10)16-15(19)13-4-2-3-5-14(13)23(16)12-8-6-11(7-9-12)17(20)24/h2-9H,1H3,(H2,20,24). The van der Waals surface area contributed by atoms with E-state index in [2.05, 4.69) is 10.1 Å². The smallest absolute Gasteiger partial charge is 0.276 e. The van der Waals surface area contributed by atoms with Gasteiger partial charge in [0.25, 0.3) is 5.89 Å². The molecule has 0 unspecified atom stereocenters. The normalized spacial score (nSPS) is 11.1. The molecule has 124 valence electrons. The predicted octanol–water partition coefficient (Wildman–Crippen LogP) is 3.74. The van der Waals surface area contributed by atoms with Gasteiger partial charge in [-0.15, -0.1) is 0 Å². The van der Waals surface area contributed by atoms with Gasteiger partial charge in [-0.25, -0.2) is 0 Å². The molecule has 0 aliphatic carbocycles. The van der Waals surface area contributed by atoms with E-state index in [1.54, 1.807) is 31.2 Å². The number of rotatable bonds is 3. The number of aromatic nitrogens is 3. The van der Waals surface area contributed by atoms with Crippen molar-refractivity contribution in [1.29, 1.82) is 0 Å². The summed E-state index contributed by atoms with van der Waals surface area (Å²) in [7, 11) is 0. The van der Waals surface area contributed by atoms with Gasteiger partial charge in [-0.3, -0.25) is 4.79 Å². The minimum Gasteiger partial charge on any atom is -0.366 e. The van der Waals surface area contributed by atoms with Crippen LogP contribution in [0.15, 0.2) is 53.1 Å². The molecule has 0 atom stereocenters. The van der Waals surface area contributed by atoms with Crippen LogP contribution >= 0.6 is 11.6 Å². The number of nitrogens with zero attached hydrogens (tertiary/aromatic N) is 3. The van der Waals surface area contributed by atoms with E-state index >= 15 is 0 Å². The molecule has 0 fully saturated rings. The number of hydrogen-bond acceptors (Lipinski definition) is 4. The Morgan fingerprint density at radius 3 is 2.52 bits per heavy atom. The summed E-state index contributed by atoms with van der Waals surface area (Å²) in [6, 6.07) is 14.7. The maximum absolute atomic E-state index is 11.3. The highest BCUT2D eigenvalue weighted by molar-refractivity contribution is 6.38. The Morgan fingerprint density at radius 1 is 1.16 bits per heavy atom. The van der Waals surface area contributed by atoms with Crippen molar-refractivity contribution in [1.82, 2.24) is 14.7 Å². The lowest BCUT2D eigenvalue weighted by molar-refractivity contribution is 0.100. The Bertz CT molecular complexity index is 1100. The molecular weight excluding hydrogens is 340 g/mol. The summed E-state index contributed by atoms with van der Waals surface area (Å²) < 4.78 is 7.27. The van der Waals surface area contributed by atoms with Crippen LogP contribution in [0.3, 0.4) is 0 Å². The van der Waals surface area contributed by atoms with Gasteiger partial charge < -0.3 is 14.8 Å². The summed E-state index contributed by atoms with van der Waals surface area (Å²) in [5.41, 5.74) is 8.06. The van der Waals surface area contributed by atoms with E-state index in [4.69, 9.17) is 21.9 Å². The summed E-state index contributed by atoms with van der Waals surface area (Å²) in [5, 5.41) is 5.25. The number of aryl methyl sites for hydroxylation is 1. The Kier molecular flexibility index (Phi) is 3.54. The number of amides is 1. The second kappa shape index (κ2) is 5.75. The summed E-state index contributed by atoms with van der Waals surface area (Å²) in [6.45, 7) is 1.75. The Balaban J connectivity index is 2.03. The van der Waals surface area contributed by atoms with Crippen LogP contribution in [0.5, 0.6) is 0 Å². The van der Waals surface area contributed by atoms with Crippen LogP contribution in [0.2, 0.25) is 5.02 Å². The number of primary amides is 1. The fourth-order valence-corrected chi connectivity index (χ4v) is 3.15. The van der Waals surface area contributed by atoms with Gasteiger partial charge in [-0.2, -0.15) is 4.98 Å². The number of hydrogen-bond donors (Lipinski definition) is 1.